The Labute approximate surface area is 371 Å². The maximum Gasteiger partial charge on any atom is 0.0471 e. The van der Waals surface area contributed by atoms with Crippen molar-refractivity contribution in [1.29, 1.82) is 0 Å². The maximum atomic E-state index is 2.68. The van der Waals surface area contributed by atoms with E-state index in [9.17, 15) is 0 Å². The van der Waals surface area contributed by atoms with E-state index >= 15 is 0 Å². The third-order valence-electron chi connectivity index (χ3n) is 15.6. The molecule has 0 radical (unpaired) electrons. The van der Waals surface area contributed by atoms with Crippen LogP contribution in [0.25, 0.3) is 66.4 Å². The molecule has 9 aromatic rings. The monoisotopic (exact) mass is 807 g/mol. The second-order valence-electron chi connectivity index (χ2n) is 18.9. The van der Waals surface area contributed by atoms with Gasteiger partial charge in [-0.3, -0.25) is 0 Å². The van der Waals surface area contributed by atoms with Crippen LogP contribution in [0.15, 0.2) is 212 Å². The minimum atomic E-state index is -0.0696. The van der Waals surface area contributed by atoms with E-state index in [4.69, 9.17) is 0 Å². The van der Waals surface area contributed by atoms with Gasteiger partial charge in [0.25, 0.3) is 0 Å². The summed E-state index contributed by atoms with van der Waals surface area (Å²) >= 11 is 0. The average Bonchev–Trinajstić information content (AvgIpc) is 3.65. The van der Waals surface area contributed by atoms with Crippen LogP contribution in [-0.4, -0.2) is 0 Å². The molecule has 0 amide bonds. The lowest BCUT2D eigenvalue weighted by Crippen LogP contribution is -2.55. The van der Waals surface area contributed by atoms with Gasteiger partial charge in [0.1, 0.15) is 0 Å². The second-order valence-corrected chi connectivity index (χ2v) is 18.9. The summed E-state index contributed by atoms with van der Waals surface area (Å²) in [6.45, 7) is 0. The Morgan fingerprint density at radius 2 is 0.825 bits per heavy atom. The van der Waals surface area contributed by atoms with Crippen molar-refractivity contribution in [3.8, 4) is 55.6 Å². The predicted molar refractivity (Wildman–Crippen MR) is 264 cm³/mol. The topological polar surface area (TPSA) is 3.24 Å². The zero-order valence-corrected chi connectivity index (χ0v) is 35.5. The summed E-state index contributed by atoms with van der Waals surface area (Å²) in [6.07, 6.45) is 6.74. The number of hydrogen-bond acceptors (Lipinski definition) is 1. The molecule has 0 unspecified atom stereocenters. The van der Waals surface area contributed by atoms with E-state index in [1.165, 1.54) is 104 Å². The van der Waals surface area contributed by atoms with E-state index in [1.807, 2.05) is 0 Å². The smallest absolute Gasteiger partial charge is 0.0471 e. The first-order valence-corrected chi connectivity index (χ1v) is 23.2. The highest BCUT2D eigenvalue weighted by atomic mass is 15.1. The lowest BCUT2D eigenvalue weighted by atomic mass is 9.42. The molecule has 4 saturated carbocycles. The van der Waals surface area contributed by atoms with Crippen molar-refractivity contribution in [1.82, 2.24) is 0 Å². The molecule has 1 spiro atoms. The quantitative estimate of drug-likeness (QED) is 0.155. The van der Waals surface area contributed by atoms with Gasteiger partial charge in [0, 0.05) is 22.5 Å². The third-order valence-corrected chi connectivity index (χ3v) is 15.6. The molecule has 9 aromatic carbocycles. The number of rotatable bonds is 7. The van der Waals surface area contributed by atoms with Crippen molar-refractivity contribution in [2.45, 2.75) is 37.5 Å². The predicted octanol–water partition coefficient (Wildman–Crippen LogP) is 16.7. The first kappa shape index (κ1) is 36.7. The van der Waals surface area contributed by atoms with Gasteiger partial charge in [-0.2, -0.15) is 0 Å². The van der Waals surface area contributed by atoms with Crippen molar-refractivity contribution in [3.05, 3.63) is 223 Å². The summed E-state index contributed by atoms with van der Waals surface area (Å²) in [5.74, 6) is 2.91. The van der Waals surface area contributed by atoms with Crippen LogP contribution >= 0.6 is 0 Å². The normalized spacial score (nSPS) is 21.4. The van der Waals surface area contributed by atoms with Gasteiger partial charge in [0.15, 0.2) is 0 Å². The molecule has 63 heavy (non-hydrogen) atoms. The Balaban J connectivity index is 1.11. The van der Waals surface area contributed by atoms with Gasteiger partial charge in [-0.1, -0.05) is 176 Å². The fraction of sp³-hybridized carbons (Fsp3) is 0.161. The van der Waals surface area contributed by atoms with Crippen LogP contribution in [0.3, 0.4) is 0 Å². The van der Waals surface area contributed by atoms with Crippen molar-refractivity contribution in [3.63, 3.8) is 0 Å². The van der Waals surface area contributed by atoms with Gasteiger partial charge < -0.3 is 4.90 Å². The van der Waals surface area contributed by atoms with Crippen LogP contribution in [0.1, 0.15) is 43.2 Å². The molecule has 0 N–H and O–H groups in total. The Bertz CT molecular complexity index is 3030. The fourth-order valence-electron chi connectivity index (χ4n) is 13.3. The minimum absolute atomic E-state index is 0.0696. The van der Waals surface area contributed by atoms with Gasteiger partial charge >= 0.3 is 0 Å². The standard InChI is InChI=1S/C62H49N/c1-4-14-43(15-5-1)45-26-30-51(31-27-45)63(52-32-28-46(29-33-52)44-16-6-2-7-17-44)53-39-58(56-24-12-21-47-20-10-11-22-54(47)56)60-57-25-13-23-55(48-18-8-3-9-19-48)61(57)62(59(60)40-53)49-35-41-34-42(37-49)38-50(62)36-41/h1-33,39-42,49-50H,34-38H2. The third kappa shape index (κ3) is 5.75. The second kappa shape index (κ2) is 14.6. The van der Waals surface area contributed by atoms with Crippen LogP contribution in [0.5, 0.6) is 0 Å². The summed E-state index contributed by atoms with van der Waals surface area (Å²) in [5, 5.41) is 2.58. The van der Waals surface area contributed by atoms with Crippen molar-refractivity contribution in [2.24, 2.45) is 23.7 Å². The lowest BCUT2D eigenvalue weighted by Gasteiger charge is -2.61. The van der Waals surface area contributed by atoms with Crippen LogP contribution in [0.4, 0.5) is 17.1 Å². The van der Waals surface area contributed by atoms with Crippen molar-refractivity contribution >= 4 is 27.8 Å². The highest BCUT2D eigenvalue weighted by molar-refractivity contribution is 6.06. The number of benzene rings is 9. The molecule has 5 aliphatic rings. The summed E-state index contributed by atoms with van der Waals surface area (Å²) in [5.41, 5.74) is 19.8. The average molecular weight is 808 g/mol. The van der Waals surface area contributed by atoms with Crippen molar-refractivity contribution < 1.29 is 0 Å². The molecule has 0 aromatic heterocycles. The van der Waals surface area contributed by atoms with Crippen molar-refractivity contribution in [2.75, 3.05) is 4.90 Å². The maximum absolute atomic E-state index is 2.68. The molecule has 0 aliphatic heterocycles. The SMILES string of the molecule is c1ccc(-c2ccc(N(c3ccc(-c4ccccc4)cc3)c3cc(-c4cccc5ccccc45)c4c(c3)C3(c5c(-c6ccccc6)cccc5-4)C4CC5CC(C4)CC3C5)cc2)cc1. The number of nitrogens with zero attached hydrogens (tertiary/aromatic N) is 1. The zero-order chi connectivity index (χ0) is 41.5. The van der Waals surface area contributed by atoms with E-state index in [0.29, 0.717) is 11.8 Å². The first-order valence-electron chi connectivity index (χ1n) is 23.2. The Morgan fingerprint density at radius 3 is 1.43 bits per heavy atom. The van der Waals surface area contributed by atoms with Crippen LogP contribution in [0.2, 0.25) is 0 Å². The molecule has 0 saturated heterocycles. The summed E-state index contributed by atoms with van der Waals surface area (Å²) in [6, 6.07) is 79.8. The number of hydrogen-bond donors (Lipinski definition) is 0. The Kier molecular flexibility index (Phi) is 8.48. The van der Waals surface area contributed by atoms with Crippen LogP contribution in [0, 0.1) is 23.7 Å². The van der Waals surface area contributed by atoms with Gasteiger partial charge in [-0.15, -0.1) is 0 Å². The molecule has 14 rings (SSSR count). The zero-order valence-electron chi connectivity index (χ0n) is 35.5. The van der Waals surface area contributed by atoms with E-state index in [-0.39, 0.29) is 5.41 Å². The molecule has 1 nitrogen and oxygen atoms in total. The Morgan fingerprint density at radius 1 is 0.349 bits per heavy atom. The number of fused-ring (bicyclic) bond motifs is 4. The van der Waals surface area contributed by atoms with Gasteiger partial charge in [0.05, 0.1) is 0 Å². The summed E-state index contributed by atoms with van der Waals surface area (Å²) in [7, 11) is 0. The highest BCUT2D eigenvalue weighted by Gasteiger charge is 2.62. The van der Waals surface area contributed by atoms with E-state index in [1.54, 1.807) is 11.1 Å². The minimum Gasteiger partial charge on any atom is -0.310 e. The summed E-state index contributed by atoms with van der Waals surface area (Å²) in [4.78, 5) is 2.54. The van der Waals surface area contributed by atoms with Gasteiger partial charge in [-0.05, 0) is 170 Å². The number of anilines is 3. The van der Waals surface area contributed by atoms with Crippen LogP contribution in [-0.2, 0) is 5.41 Å². The Hall–Kier alpha value is -6.96. The molecule has 0 atom stereocenters. The first-order chi connectivity index (χ1) is 31.2. The highest BCUT2D eigenvalue weighted by Crippen LogP contribution is 2.71. The molecule has 302 valence electrons. The van der Waals surface area contributed by atoms with Crippen LogP contribution < -0.4 is 4.90 Å². The van der Waals surface area contributed by atoms with E-state index in [0.717, 1.165) is 23.2 Å². The molecule has 5 aliphatic carbocycles. The lowest BCUT2D eigenvalue weighted by molar-refractivity contribution is -0.0397. The van der Waals surface area contributed by atoms with Gasteiger partial charge in [0.2, 0.25) is 0 Å². The van der Waals surface area contributed by atoms with Gasteiger partial charge in [-0.25, -0.2) is 0 Å². The molecule has 4 fully saturated rings. The summed E-state index contributed by atoms with van der Waals surface area (Å²) < 4.78 is 0. The molecule has 4 bridgehead atoms. The molecule has 1 heteroatoms. The van der Waals surface area contributed by atoms with E-state index in [2.05, 4.69) is 217 Å². The molecule has 0 heterocycles. The molecular weight excluding hydrogens is 759 g/mol. The fourth-order valence-corrected chi connectivity index (χ4v) is 13.3. The largest absolute Gasteiger partial charge is 0.310 e. The molecular formula is C62H49N. The van der Waals surface area contributed by atoms with E-state index < -0.39 is 0 Å².